The Balaban J connectivity index is 0.00000392. The number of ether oxygens (including phenoxy) is 2. The molecule has 0 aliphatic carbocycles. The zero-order valence-electron chi connectivity index (χ0n) is 15.8. The summed E-state index contributed by atoms with van der Waals surface area (Å²) < 4.78 is 23.9. The van der Waals surface area contributed by atoms with E-state index in [9.17, 15) is 9.50 Å². The van der Waals surface area contributed by atoms with Gasteiger partial charge in [0.05, 0.1) is 13.1 Å². The maximum absolute atomic E-state index is 12.8. The smallest absolute Gasteiger partial charge is 0.191 e. The van der Waals surface area contributed by atoms with E-state index in [0.717, 1.165) is 5.75 Å². The normalized spacial score (nSPS) is 11.9. The van der Waals surface area contributed by atoms with E-state index in [1.54, 1.807) is 0 Å². The van der Waals surface area contributed by atoms with Gasteiger partial charge in [-0.25, -0.2) is 4.39 Å². The number of nitrogens with zero attached hydrogens (tertiary/aromatic N) is 1. The Kier molecular flexibility index (Phi) is 12.0. The van der Waals surface area contributed by atoms with Crippen LogP contribution in [-0.2, 0) is 0 Å². The van der Waals surface area contributed by atoms with E-state index < -0.39 is 6.10 Å². The van der Waals surface area contributed by atoms with E-state index in [-0.39, 0.29) is 42.9 Å². The highest BCUT2D eigenvalue weighted by atomic mass is 127. The number of aliphatic hydroxyl groups is 1. The van der Waals surface area contributed by atoms with Crippen LogP contribution in [0, 0.1) is 5.82 Å². The summed E-state index contributed by atoms with van der Waals surface area (Å²) in [6.07, 6.45) is -0.772. The van der Waals surface area contributed by atoms with Gasteiger partial charge in [-0.3, -0.25) is 4.99 Å². The van der Waals surface area contributed by atoms with Gasteiger partial charge in [0.1, 0.15) is 36.6 Å². The highest BCUT2D eigenvalue weighted by Gasteiger charge is 2.06. The van der Waals surface area contributed by atoms with E-state index in [1.165, 1.54) is 24.3 Å². The number of para-hydroxylation sites is 1. The Labute approximate surface area is 182 Å². The Morgan fingerprint density at radius 1 is 1.04 bits per heavy atom. The lowest BCUT2D eigenvalue weighted by molar-refractivity contribution is 0.114. The Morgan fingerprint density at radius 3 is 2.39 bits per heavy atom. The average Bonchev–Trinajstić information content (AvgIpc) is 2.69. The van der Waals surface area contributed by atoms with E-state index in [2.05, 4.69) is 15.6 Å². The van der Waals surface area contributed by atoms with Crippen molar-refractivity contribution in [3.8, 4) is 11.5 Å². The number of nitrogens with one attached hydrogen (secondary N) is 2. The largest absolute Gasteiger partial charge is 0.492 e. The summed E-state index contributed by atoms with van der Waals surface area (Å²) in [6, 6.07) is 15.2. The predicted molar refractivity (Wildman–Crippen MR) is 119 cm³/mol. The second-order valence-electron chi connectivity index (χ2n) is 5.73. The van der Waals surface area contributed by atoms with Gasteiger partial charge < -0.3 is 25.2 Å². The van der Waals surface area contributed by atoms with Crippen LogP contribution in [0.25, 0.3) is 0 Å². The zero-order chi connectivity index (χ0) is 19.3. The first-order valence-electron chi connectivity index (χ1n) is 8.94. The summed E-state index contributed by atoms with van der Waals surface area (Å²) in [7, 11) is 0. The van der Waals surface area contributed by atoms with Crippen molar-refractivity contribution in [3.63, 3.8) is 0 Å². The number of hydrogen-bond acceptors (Lipinski definition) is 4. The lowest BCUT2D eigenvalue weighted by Gasteiger charge is -2.14. The Hall–Kier alpha value is -2.07. The molecule has 0 aromatic heterocycles. The third-order valence-corrected chi connectivity index (χ3v) is 3.47. The van der Waals surface area contributed by atoms with Gasteiger partial charge in [0.25, 0.3) is 0 Å². The van der Waals surface area contributed by atoms with Gasteiger partial charge in [-0.15, -0.1) is 24.0 Å². The fraction of sp³-hybridized carbons (Fsp3) is 0.350. The lowest BCUT2D eigenvalue weighted by Crippen LogP contribution is -2.40. The number of aliphatic imine (C=N–C) groups is 1. The van der Waals surface area contributed by atoms with Crippen LogP contribution in [-0.4, -0.2) is 50.0 Å². The number of halogens is 2. The molecule has 0 amide bonds. The third kappa shape index (κ3) is 9.75. The van der Waals surface area contributed by atoms with Gasteiger partial charge in [0.2, 0.25) is 0 Å². The number of rotatable bonds is 10. The fourth-order valence-electron chi connectivity index (χ4n) is 2.17. The van der Waals surface area contributed by atoms with Crippen molar-refractivity contribution >= 4 is 29.9 Å². The highest BCUT2D eigenvalue weighted by Crippen LogP contribution is 2.11. The van der Waals surface area contributed by atoms with Crippen LogP contribution in [0.4, 0.5) is 4.39 Å². The van der Waals surface area contributed by atoms with E-state index in [1.807, 2.05) is 37.3 Å². The summed E-state index contributed by atoms with van der Waals surface area (Å²) in [5, 5.41) is 16.3. The summed E-state index contributed by atoms with van der Waals surface area (Å²) in [5.74, 6) is 1.58. The molecule has 0 saturated heterocycles. The number of benzene rings is 2. The van der Waals surface area contributed by atoms with Crippen molar-refractivity contribution in [1.29, 1.82) is 0 Å². The average molecular weight is 503 g/mol. The van der Waals surface area contributed by atoms with Crippen LogP contribution in [0.2, 0.25) is 0 Å². The second kappa shape index (κ2) is 14.0. The molecule has 2 rings (SSSR count). The molecule has 0 aliphatic heterocycles. The summed E-state index contributed by atoms with van der Waals surface area (Å²) in [6.45, 7) is 3.98. The molecule has 0 fully saturated rings. The van der Waals surface area contributed by atoms with Crippen LogP contribution in [0.5, 0.6) is 11.5 Å². The molecular formula is C20H27FIN3O3. The molecule has 2 aromatic rings. The molecule has 8 heteroatoms. The van der Waals surface area contributed by atoms with Crippen LogP contribution in [0.3, 0.4) is 0 Å². The maximum Gasteiger partial charge on any atom is 0.191 e. The lowest BCUT2D eigenvalue weighted by atomic mass is 10.3. The van der Waals surface area contributed by atoms with Crippen molar-refractivity contribution in [3.05, 3.63) is 60.4 Å². The minimum absolute atomic E-state index is 0. The molecular weight excluding hydrogens is 476 g/mol. The van der Waals surface area contributed by atoms with Gasteiger partial charge in [-0.1, -0.05) is 18.2 Å². The monoisotopic (exact) mass is 503 g/mol. The molecule has 1 atom stereocenters. The van der Waals surface area contributed by atoms with E-state index in [4.69, 9.17) is 9.47 Å². The Morgan fingerprint density at radius 2 is 1.71 bits per heavy atom. The first kappa shape index (κ1) is 24.0. The summed E-state index contributed by atoms with van der Waals surface area (Å²) in [5.41, 5.74) is 0. The summed E-state index contributed by atoms with van der Waals surface area (Å²) in [4.78, 5) is 4.33. The predicted octanol–water partition coefficient (Wildman–Crippen LogP) is 2.82. The first-order chi connectivity index (χ1) is 13.2. The van der Waals surface area contributed by atoms with Crippen LogP contribution in [0.1, 0.15) is 6.92 Å². The Bertz CT molecular complexity index is 687. The molecule has 6 nitrogen and oxygen atoms in total. The van der Waals surface area contributed by atoms with Crippen molar-refractivity contribution in [2.75, 3.05) is 32.8 Å². The maximum atomic E-state index is 12.8. The quantitative estimate of drug-likeness (QED) is 0.201. The SMILES string of the molecule is CCNC(=NCC(O)COc1ccc(F)cc1)NCCOc1ccccc1.I. The number of aliphatic hydroxyl groups excluding tert-OH is 1. The third-order valence-electron chi connectivity index (χ3n) is 3.47. The minimum atomic E-state index is -0.772. The molecule has 0 radical (unpaired) electrons. The van der Waals surface area contributed by atoms with Crippen LogP contribution >= 0.6 is 24.0 Å². The number of hydrogen-bond donors (Lipinski definition) is 3. The van der Waals surface area contributed by atoms with E-state index in [0.29, 0.717) is 31.4 Å². The highest BCUT2D eigenvalue weighted by molar-refractivity contribution is 14.0. The van der Waals surface area contributed by atoms with Gasteiger partial charge in [-0.2, -0.15) is 0 Å². The molecule has 2 aromatic carbocycles. The minimum Gasteiger partial charge on any atom is -0.492 e. The fourth-order valence-corrected chi connectivity index (χ4v) is 2.17. The topological polar surface area (TPSA) is 75.1 Å². The summed E-state index contributed by atoms with van der Waals surface area (Å²) >= 11 is 0. The molecule has 0 heterocycles. The van der Waals surface area contributed by atoms with Gasteiger partial charge in [0.15, 0.2) is 5.96 Å². The molecule has 1 unspecified atom stereocenters. The van der Waals surface area contributed by atoms with Crippen molar-refractivity contribution in [2.45, 2.75) is 13.0 Å². The van der Waals surface area contributed by atoms with Crippen molar-refractivity contribution < 1.29 is 19.0 Å². The van der Waals surface area contributed by atoms with Crippen LogP contribution in [0.15, 0.2) is 59.6 Å². The van der Waals surface area contributed by atoms with Crippen molar-refractivity contribution in [2.24, 2.45) is 4.99 Å². The molecule has 0 bridgehead atoms. The van der Waals surface area contributed by atoms with Gasteiger partial charge >= 0.3 is 0 Å². The molecule has 0 aliphatic rings. The van der Waals surface area contributed by atoms with Crippen molar-refractivity contribution in [1.82, 2.24) is 10.6 Å². The standard InChI is InChI=1S/C20H26FN3O3.HI/c1-2-22-20(23-12-13-26-18-6-4-3-5-7-18)24-14-17(25)15-27-19-10-8-16(21)9-11-19;/h3-11,17,25H,2,12-15H2,1H3,(H2,22,23,24);1H. The van der Waals surface area contributed by atoms with Gasteiger partial charge in [-0.05, 0) is 43.3 Å². The number of guanidine groups is 1. The zero-order valence-corrected chi connectivity index (χ0v) is 18.1. The molecule has 0 spiro atoms. The van der Waals surface area contributed by atoms with Crippen LogP contribution < -0.4 is 20.1 Å². The van der Waals surface area contributed by atoms with E-state index >= 15 is 0 Å². The molecule has 3 N–H and O–H groups in total. The molecule has 28 heavy (non-hydrogen) atoms. The van der Waals surface area contributed by atoms with Gasteiger partial charge in [0, 0.05) is 6.54 Å². The molecule has 0 saturated carbocycles. The molecule has 154 valence electrons. The second-order valence-corrected chi connectivity index (χ2v) is 5.73. The first-order valence-corrected chi connectivity index (χ1v) is 8.94.